The highest BCUT2D eigenvalue weighted by atomic mass is 35.5. The van der Waals surface area contributed by atoms with Crippen LogP contribution in [-0.4, -0.2) is 31.1 Å². The zero-order chi connectivity index (χ0) is 13.1. The van der Waals surface area contributed by atoms with Gasteiger partial charge in [-0.1, -0.05) is 36.2 Å². The number of rotatable bonds is 3. The van der Waals surface area contributed by atoms with Gasteiger partial charge in [-0.15, -0.1) is 0 Å². The van der Waals surface area contributed by atoms with Crippen LogP contribution in [0.3, 0.4) is 0 Å². The van der Waals surface area contributed by atoms with Crippen molar-refractivity contribution >= 4 is 23.2 Å². The van der Waals surface area contributed by atoms with E-state index in [1.165, 1.54) is 6.42 Å². The van der Waals surface area contributed by atoms with Gasteiger partial charge in [0.25, 0.3) is 0 Å². The van der Waals surface area contributed by atoms with Crippen LogP contribution in [0.15, 0.2) is 18.2 Å². The second-order valence-electron chi connectivity index (χ2n) is 5.22. The molecule has 0 saturated carbocycles. The lowest BCUT2D eigenvalue weighted by molar-refractivity contribution is 0.174. The first-order valence-corrected chi connectivity index (χ1v) is 7.18. The molecule has 1 saturated heterocycles. The normalized spacial score (nSPS) is 25.3. The molecule has 0 amide bonds. The van der Waals surface area contributed by atoms with Crippen LogP contribution in [0.2, 0.25) is 10.0 Å². The molecule has 0 spiro atoms. The Balaban J connectivity index is 1.95. The van der Waals surface area contributed by atoms with Crippen LogP contribution in [0, 0.1) is 5.92 Å². The van der Waals surface area contributed by atoms with Gasteiger partial charge in [0, 0.05) is 34.7 Å². The van der Waals surface area contributed by atoms with E-state index in [-0.39, 0.29) is 0 Å². The van der Waals surface area contributed by atoms with Gasteiger partial charge in [-0.3, -0.25) is 0 Å². The molecule has 1 aromatic carbocycles. The smallest absolute Gasteiger partial charge is 0.0465 e. The third-order valence-electron chi connectivity index (χ3n) is 3.71. The zero-order valence-corrected chi connectivity index (χ0v) is 12.4. The third kappa shape index (κ3) is 3.39. The number of nitrogens with zero attached hydrogens (tertiary/aromatic N) is 1. The highest BCUT2D eigenvalue weighted by Gasteiger charge is 2.23. The van der Waals surface area contributed by atoms with Crippen molar-refractivity contribution in [1.29, 1.82) is 0 Å². The van der Waals surface area contributed by atoms with E-state index in [1.54, 1.807) is 0 Å². The van der Waals surface area contributed by atoms with Crippen LogP contribution < -0.4 is 5.32 Å². The Labute approximate surface area is 119 Å². The van der Waals surface area contributed by atoms with E-state index in [2.05, 4.69) is 24.2 Å². The zero-order valence-electron chi connectivity index (χ0n) is 10.9. The molecule has 0 radical (unpaired) electrons. The lowest BCUT2D eigenvalue weighted by Crippen LogP contribution is -2.46. The second kappa shape index (κ2) is 6.25. The van der Waals surface area contributed by atoms with Crippen molar-refractivity contribution in [1.82, 2.24) is 10.2 Å². The molecule has 0 bridgehead atoms. The lowest BCUT2D eigenvalue weighted by atomic mass is 9.94. The minimum atomic E-state index is 0.550. The molecule has 2 atom stereocenters. The summed E-state index contributed by atoms with van der Waals surface area (Å²) in [6.45, 7) is 5.34. The predicted molar refractivity (Wildman–Crippen MR) is 78.4 cm³/mol. The maximum Gasteiger partial charge on any atom is 0.0465 e. The summed E-state index contributed by atoms with van der Waals surface area (Å²) in [7, 11) is 2.18. The topological polar surface area (TPSA) is 15.3 Å². The molecule has 1 N–H and O–H groups in total. The summed E-state index contributed by atoms with van der Waals surface area (Å²) in [6.07, 6.45) is 1.18. The van der Waals surface area contributed by atoms with Gasteiger partial charge in [-0.05, 0) is 38.1 Å². The number of likely N-dealkylation sites (tertiary alicyclic amines) is 1. The Bertz CT molecular complexity index is 389. The number of hydrogen-bond acceptors (Lipinski definition) is 2. The Morgan fingerprint density at radius 1 is 1.33 bits per heavy atom. The van der Waals surface area contributed by atoms with Crippen LogP contribution in [0.5, 0.6) is 0 Å². The SMILES string of the molecule is CC1CN(C)CCC1NCc1c(Cl)cccc1Cl. The Hall–Kier alpha value is -0.280. The van der Waals surface area contributed by atoms with E-state index in [4.69, 9.17) is 23.2 Å². The quantitative estimate of drug-likeness (QED) is 0.916. The number of hydrogen-bond donors (Lipinski definition) is 1. The highest BCUT2D eigenvalue weighted by molar-refractivity contribution is 6.35. The van der Waals surface area contributed by atoms with Crippen molar-refractivity contribution in [2.24, 2.45) is 5.92 Å². The summed E-state index contributed by atoms with van der Waals surface area (Å²) in [5.74, 6) is 0.657. The van der Waals surface area contributed by atoms with Crippen LogP contribution in [0.25, 0.3) is 0 Å². The second-order valence-corrected chi connectivity index (χ2v) is 6.03. The van der Waals surface area contributed by atoms with Gasteiger partial charge in [0.05, 0.1) is 0 Å². The Morgan fingerprint density at radius 3 is 2.61 bits per heavy atom. The predicted octanol–water partition coefficient (Wildman–Crippen LogP) is 3.42. The molecule has 1 aliphatic heterocycles. The molecule has 2 nitrogen and oxygen atoms in total. The molecule has 1 heterocycles. The molecule has 1 aliphatic rings. The summed E-state index contributed by atoms with van der Waals surface area (Å²) < 4.78 is 0. The molecule has 1 fully saturated rings. The van der Waals surface area contributed by atoms with Gasteiger partial charge >= 0.3 is 0 Å². The minimum Gasteiger partial charge on any atom is -0.309 e. The third-order valence-corrected chi connectivity index (χ3v) is 4.42. The van der Waals surface area contributed by atoms with E-state index < -0.39 is 0 Å². The standard InChI is InChI=1S/C14H20Cl2N2/c1-10-9-18(2)7-6-14(10)17-8-11-12(15)4-3-5-13(11)16/h3-5,10,14,17H,6-9H2,1-2H3. The Kier molecular flexibility index (Phi) is 4.91. The van der Waals surface area contributed by atoms with Crippen LogP contribution in [0.1, 0.15) is 18.9 Å². The van der Waals surface area contributed by atoms with E-state index in [9.17, 15) is 0 Å². The van der Waals surface area contributed by atoms with Gasteiger partial charge in [-0.25, -0.2) is 0 Å². The number of piperidine rings is 1. The highest BCUT2D eigenvalue weighted by Crippen LogP contribution is 2.25. The molecule has 0 aromatic heterocycles. The van der Waals surface area contributed by atoms with Crippen molar-refractivity contribution < 1.29 is 0 Å². The fraction of sp³-hybridized carbons (Fsp3) is 0.571. The first-order valence-electron chi connectivity index (χ1n) is 6.42. The monoisotopic (exact) mass is 286 g/mol. The maximum atomic E-state index is 6.17. The molecule has 2 unspecified atom stereocenters. The minimum absolute atomic E-state index is 0.550. The fourth-order valence-corrected chi connectivity index (χ4v) is 3.12. The average Bonchev–Trinajstić information content (AvgIpc) is 2.31. The lowest BCUT2D eigenvalue weighted by Gasteiger charge is -2.35. The molecular weight excluding hydrogens is 267 g/mol. The summed E-state index contributed by atoms with van der Waals surface area (Å²) in [6, 6.07) is 6.21. The van der Waals surface area contributed by atoms with E-state index in [0.717, 1.165) is 35.2 Å². The van der Waals surface area contributed by atoms with Crippen LogP contribution in [-0.2, 0) is 6.54 Å². The largest absolute Gasteiger partial charge is 0.309 e. The molecule has 0 aliphatic carbocycles. The van der Waals surface area contributed by atoms with Crippen molar-refractivity contribution in [2.75, 3.05) is 20.1 Å². The molecule has 1 aromatic rings. The summed E-state index contributed by atoms with van der Waals surface area (Å²) in [5, 5.41) is 5.09. The van der Waals surface area contributed by atoms with Crippen molar-refractivity contribution in [3.8, 4) is 0 Å². The Morgan fingerprint density at radius 2 is 2.00 bits per heavy atom. The molecular formula is C14H20Cl2N2. The van der Waals surface area contributed by atoms with Gasteiger partial charge < -0.3 is 10.2 Å². The number of nitrogens with one attached hydrogen (secondary N) is 1. The van der Waals surface area contributed by atoms with Crippen molar-refractivity contribution in [3.05, 3.63) is 33.8 Å². The summed E-state index contributed by atoms with van der Waals surface area (Å²) >= 11 is 12.3. The average molecular weight is 287 g/mol. The van der Waals surface area contributed by atoms with Gasteiger partial charge in [0.15, 0.2) is 0 Å². The number of halogens is 2. The van der Waals surface area contributed by atoms with E-state index in [1.807, 2.05) is 18.2 Å². The first-order chi connectivity index (χ1) is 8.58. The molecule has 18 heavy (non-hydrogen) atoms. The summed E-state index contributed by atoms with van der Waals surface area (Å²) in [4.78, 5) is 2.38. The maximum absolute atomic E-state index is 6.17. The molecule has 4 heteroatoms. The van der Waals surface area contributed by atoms with Gasteiger partial charge in [0.2, 0.25) is 0 Å². The molecule has 2 rings (SSSR count). The van der Waals surface area contributed by atoms with Crippen LogP contribution >= 0.6 is 23.2 Å². The first kappa shape index (κ1) is 14.1. The van der Waals surface area contributed by atoms with E-state index in [0.29, 0.717) is 12.0 Å². The van der Waals surface area contributed by atoms with Crippen molar-refractivity contribution in [2.45, 2.75) is 25.9 Å². The van der Waals surface area contributed by atoms with Gasteiger partial charge in [0.1, 0.15) is 0 Å². The van der Waals surface area contributed by atoms with Gasteiger partial charge in [-0.2, -0.15) is 0 Å². The number of benzene rings is 1. The summed E-state index contributed by atoms with van der Waals surface area (Å²) in [5.41, 5.74) is 1.01. The van der Waals surface area contributed by atoms with Crippen molar-refractivity contribution in [3.63, 3.8) is 0 Å². The van der Waals surface area contributed by atoms with Crippen LogP contribution in [0.4, 0.5) is 0 Å². The molecule has 100 valence electrons. The fourth-order valence-electron chi connectivity index (χ4n) is 2.59. The van der Waals surface area contributed by atoms with E-state index >= 15 is 0 Å².